The quantitative estimate of drug-likeness (QED) is 0.316. The van der Waals surface area contributed by atoms with Gasteiger partial charge in [-0.25, -0.2) is 4.39 Å². The van der Waals surface area contributed by atoms with Crippen molar-refractivity contribution in [3.8, 4) is 0 Å². The summed E-state index contributed by atoms with van der Waals surface area (Å²) in [5, 5.41) is 7.08. The standard InChI is InChI=1S/C36H42Cl2FN3O4/c1-3-42-27(21-28(43)41-34-17-14-33(15-18-34,16-19-34)32(45)46-2)29(23-8-7-9-25(38)30(23)39)36(35(42)12-5-4-6-13-35)24-11-10-22(37)20-26(24)40-31(36)44/h7-11,20,27,29H,3-6,12-19,21H2,1-2H3,(H,40,44)(H,41,43)/t27-,29-,33?,34?,36+/m0/s1. The summed E-state index contributed by atoms with van der Waals surface area (Å²) in [6.45, 7) is 2.68. The topological polar surface area (TPSA) is 87.7 Å². The molecule has 3 atom stereocenters. The highest BCUT2D eigenvalue weighted by molar-refractivity contribution is 6.31. The molecular weight excluding hydrogens is 628 g/mol. The van der Waals surface area contributed by atoms with E-state index in [0.717, 1.165) is 37.7 Å². The van der Waals surface area contributed by atoms with Gasteiger partial charge in [-0.1, -0.05) is 67.6 Å². The van der Waals surface area contributed by atoms with Gasteiger partial charge in [0, 0.05) is 40.2 Å². The number of benzene rings is 2. The van der Waals surface area contributed by atoms with E-state index in [-0.39, 0.29) is 34.8 Å². The molecule has 2 aliphatic heterocycles. The van der Waals surface area contributed by atoms with Gasteiger partial charge in [0.15, 0.2) is 0 Å². The molecule has 5 fully saturated rings. The van der Waals surface area contributed by atoms with Crippen molar-refractivity contribution in [1.82, 2.24) is 10.2 Å². The monoisotopic (exact) mass is 669 g/mol. The average molecular weight is 671 g/mol. The number of nitrogens with zero attached hydrogens (tertiary/aromatic N) is 1. The van der Waals surface area contributed by atoms with Crippen LogP contribution in [-0.2, 0) is 24.5 Å². The summed E-state index contributed by atoms with van der Waals surface area (Å²) < 4.78 is 21.5. The summed E-state index contributed by atoms with van der Waals surface area (Å²) in [6, 6.07) is 10.0. The maximum atomic E-state index is 16.3. The van der Waals surface area contributed by atoms with E-state index in [1.165, 1.54) is 13.2 Å². The Morgan fingerprint density at radius 3 is 2.37 bits per heavy atom. The molecule has 10 heteroatoms. The minimum Gasteiger partial charge on any atom is -0.469 e. The lowest BCUT2D eigenvalue weighted by Gasteiger charge is -2.52. The molecule has 246 valence electrons. The molecule has 2 amide bonds. The fraction of sp³-hybridized carbons (Fsp3) is 0.583. The van der Waals surface area contributed by atoms with Crippen molar-refractivity contribution < 1.29 is 23.5 Å². The van der Waals surface area contributed by atoms with Gasteiger partial charge in [0.2, 0.25) is 11.8 Å². The smallest absolute Gasteiger partial charge is 0.311 e. The number of fused-ring (bicyclic) bond motifs is 6. The van der Waals surface area contributed by atoms with Crippen LogP contribution in [0, 0.1) is 11.2 Å². The third-order valence-corrected chi connectivity index (χ3v) is 13.1. The molecule has 2 spiro atoms. The number of anilines is 1. The van der Waals surface area contributed by atoms with Crippen molar-refractivity contribution in [2.45, 2.75) is 112 Å². The summed E-state index contributed by atoms with van der Waals surface area (Å²) in [5.74, 6) is -1.66. The molecule has 4 aliphatic carbocycles. The zero-order valence-corrected chi connectivity index (χ0v) is 28.0. The number of methoxy groups -OCH3 is 1. The van der Waals surface area contributed by atoms with Gasteiger partial charge in [0.05, 0.1) is 17.5 Å². The lowest BCUT2D eigenvalue weighted by Crippen LogP contribution is -2.61. The molecule has 0 aromatic heterocycles. The zero-order valence-electron chi connectivity index (χ0n) is 26.5. The van der Waals surface area contributed by atoms with Gasteiger partial charge in [0.25, 0.3) is 0 Å². The largest absolute Gasteiger partial charge is 0.469 e. The van der Waals surface area contributed by atoms with Gasteiger partial charge in [-0.2, -0.15) is 0 Å². The molecule has 2 aromatic rings. The van der Waals surface area contributed by atoms with E-state index in [9.17, 15) is 14.4 Å². The Bertz CT molecular complexity index is 1570. The molecule has 1 saturated heterocycles. The fourth-order valence-electron chi connectivity index (χ4n) is 10.6. The molecule has 8 rings (SSSR count). The summed E-state index contributed by atoms with van der Waals surface area (Å²) in [5.41, 5.74) is -0.809. The number of carbonyl (C=O) groups is 3. The van der Waals surface area contributed by atoms with Gasteiger partial charge >= 0.3 is 5.97 Å². The van der Waals surface area contributed by atoms with E-state index in [0.29, 0.717) is 61.3 Å². The maximum Gasteiger partial charge on any atom is 0.311 e. The molecule has 2 heterocycles. The van der Waals surface area contributed by atoms with Crippen LogP contribution in [0.25, 0.3) is 0 Å². The zero-order chi connectivity index (χ0) is 32.5. The number of likely N-dealkylation sites (tertiary alicyclic amines) is 1. The predicted octanol–water partition coefficient (Wildman–Crippen LogP) is 7.29. The molecule has 2 aromatic carbocycles. The molecule has 2 bridgehead atoms. The number of carbonyl (C=O) groups excluding carboxylic acids is 3. The number of nitrogens with one attached hydrogen (secondary N) is 2. The van der Waals surface area contributed by atoms with Crippen molar-refractivity contribution >= 4 is 46.7 Å². The Morgan fingerprint density at radius 2 is 1.72 bits per heavy atom. The maximum absolute atomic E-state index is 16.3. The highest BCUT2D eigenvalue weighted by Gasteiger charge is 2.74. The van der Waals surface area contributed by atoms with Crippen LogP contribution >= 0.6 is 23.2 Å². The molecule has 7 nitrogen and oxygen atoms in total. The number of hydrogen-bond acceptors (Lipinski definition) is 5. The molecular formula is C36H42Cl2FN3O4. The Labute approximate surface area is 279 Å². The van der Waals surface area contributed by atoms with E-state index >= 15 is 4.39 Å². The average Bonchev–Trinajstić information content (AvgIpc) is 3.46. The van der Waals surface area contributed by atoms with E-state index in [2.05, 4.69) is 22.5 Å². The van der Waals surface area contributed by atoms with Crippen LogP contribution < -0.4 is 10.6 Å². The lowest BCUT2D eigenvalue weighted by atomic mass is 9.55. The van der Waals surface area contributed by atoms with E-state index in [1.807, 2.05) is 6.07 Å². The van der Waals surface area contributed by atoms with Crippen molar-refractivity contribution in [2.75, 3.05) is 19.0 Å². The first kappa shape index (κ1) is 31.9. The number of esters is 1. The van der Waals surface area contributed by atoms with Crippen molar-refractivity contribution in [2.24, 2.45) is 5.41 Å². The van der Waals surface area contributed by atoms with E-state index in [1.54, 1.807) is 24.3 Å². The minimum absolute atomic E-state index is 0.00406. The van der Waals surface area contributed by atoms with Gasteiger partial charge in [-0.3, -0.25) is 19.3 Å². The highest BCUT2D eigenvalue weighted by atomic mass is 35.5. The van der Waals surface area contributed by atoms with Gasteiger partial charge in [0.1, 0.15) is 11.2 Å². The Hall–Kier alpha value is -2.68. The number of halogens is 3. The summed E-state index contributed by atoms with van der Waals surface area (Å²) >= 11 is 12.9. The van der Waals surface area contributed by atoms with Crippen molar-refractivity contribution in [3.63, 3.8) is 0 Å². The number of rotatable bonds is 6. The summed E-state index contributed by atoms with van der Waals surface area (Å²) in [6.07, 6.45) is 8.75. The van der Waals surface area contributed by atoms with Crippen molar-refractivity contribution in [1.29, 1.82) is 0 Å². The minimum atomic E-state index is -1.16. The first-order valence-electron chi connectivity index (χ1n) is 16.8. The first-order chi connectivity index (χ1) is 22.1. The second kappa shape index (κ2) is 11.5. The van der Waals surface area contributed by atoms with Crippen LogP contribution in [0.3, 0.4) is 0 Å². The van der Waals surface area contributed by atoms with Crippen LogP contribution in [0.4, 0.5) is 10.1 Å². The number of ether oxygens (including phenoxy) is 1. The number of amides is 2. The van der Waals surface area contributed by atoms with Crippen LogP contribution in [-0.4, -0.2) is 53.5 Å². The molecule has 46 heavy (non-hydrogen) atoms. The fourth-order valence-corrected chi connectivity index (χ4v) is 11.0. The van der Waals surface area contributed by atoms with Crippen LogP contribution in [0.15, 0.2) is 36.4 Å². The third kappa shape index (κ3) is 4.42. The lowest BCUT2D eigenvalue weighted by molar-refractivity contribution is -0.160. The number of hydrogen-bond donors (Lipinski definition) is 2. The Morgan fingerprint density at radius 1 is 1.02 bits per heavy atom. The molecule has 4 saturated carbocycles. The van der Waals surface area contributed by atoms with E-state index in [4.69, 9.17) is 27.9 Å². The summed E-state index contributed by atoms with van der Waals surface area (Å²) in [7, 11) is 1.44. The second-order valence-corrected chi connectivity index (χ2v) is 15.2. The van der Waals surface area contributed by atoms with Gasteiger partial charge in [-0.05, 0) is 87.2 Å². The molecule has 2 N–H and O–H groups in total. The van der Waals surface area contributed by atoms with E-state index < -0.39 is 34.1 Å². The SMILES string of the molecule is CCN1[C@@H](CC(=O)NC23CCC(C(=O)OC)(CC2)CC3)[C@H](c2cccc(Cl)c2F)[C@]2(C(=O)Nc3cc(Cl)ccc32)C12CCCCC2. The second-order valence-electron chi connectivity index (χ2n) is 14.3. The van der Waals surface area contributed by atoms with Crippen LogP contribution in [0.5, 0.6) is 0 Å². The third-order valence-electron chi connectivity index (χ3n) is 12.6. The Kier molecular flexibility index (Phi) is 7.96. The number of likely N-dealkylation sites (N-methyl/N-ethyl adjacent to an activating group) is 1. The Balaban J connectivity index is 1.33. The van der Waals surface area contributed by atoms with Crippen LogP contribution in [0.2, 0.25) is 10.0 Å². The van der Waals surface area contributed by atoms with Gasteiger partial charge < -0.3 is 15.4 Å². The van der Waals surface area contributed by atoms with Gasteiger partial charge in [-0.15, -0.1) is 0 Å². The predicted molar refractivity (Wildman–Crippen MR) is 176 cm³/mol. The molecule has 0 unspecified atom stereocenters. The summed E-state index contributed by atoms with van der Waals surface area (Å²) in [4.78, 5) is 44.0. The van der Waals surface area contributed by atoms with Crippen LogP contribution in [0.1, 0.15) is 101 Å². The molecule has 6 aliphatic rings. The highest BCUT2D eigenvalue weighted by Crippen LogP contribution is 2.67. The molecule has 0 radical (unpaired) electrons. The normalized spacial score (nSPS) is 32.8. The first-order valence-corrected chi connectivity index (χ1v) is 17.5. The van der Waals surface area contributed by atoms with Crippen molar-refractivity contribution in [3.05, 3.63) is 63.4 Å².